The molecule has 144 valence electrons. The summed E-state index contributed by atoms with van der Waals surface area (Å²) >= 11 is 1.67. The Hall–Kier alpha value is -2.70. The van der Waals surface area contributed by atoms with Gasteiger partial charge in [0.25, 0.3) is 5.56 Å². The lowest BCUT2D eigenvalue weighted by Gasteiger charge is -2.18. The zero-order valence-electron chi connectivity index (χ0n) is 16.4. The standard InChI is InChI=1S/C22H24N4OS/c1-16(11-24(2)3)12-25-13-18(5-7-22(25)27)17-4-6-21-20(10-17)23-15-26(21)19-8-9-28-14-19/h4-10,13-16H,11-12H2,1-3H3. The molecule has 0 aliphatic carbocycles. The van der Waals surface area contributed by atoms with Gasteiger partial charge in [0, 0.05) is 30.7 Å². The van der Waals surface area contributed by atoms with E-state index in [-0.39, 0.29) is 5.56 Å². The Morgan fingerprint density at radius 1 is 1.14 bits per heavy atom. The molecule has 3 aromatic heterocycles. The highest BCUT2D eigenvalue weighted by atomic mass is 32.1. The van der Waals surface area contributed by atoms with E-state index >= 15 is 0 Å². The Kier molecular flexibility index (Phi) is 5.15. The normalized spacial score (nSPS) is 12.7. The minimum atomic E-state index is 0.0390. The maximum atomic E-state index is 12.3. The van der Waals surface area contributed by atoms with Crippen molar-refractivity contribution in [1.29, 1.82) is 0 Å². The summed E-state index contributed by atoms with van der Waals surface area (Å²) in [7, 11) is 4.11. The van der Waals surface area contributed by atoms with Crippen LogP contribution >= 0.6 is 11.3 Å². The van der Waals surface area contributed by atoms with Gasteiger partial charge in [0.2, 0.25) is 0 Å². The quantitative estimate of drug-likeness (QED) is 0.496. The summed E-state index contributed by atoms with van der Waals surface area (Å²) in [6.45, 7) is 3.82. The van der Waals surface area contributed by atoms with Gasteiger partial charge in [0.05, 0.1) is 16.7 Å². The first-order valence-electron chi connectivity index (χ1n) is 9.36. The van der Waals surface area contributed by atoms with Crippen molar-refractivity contribution in [2.24, 2.45) is 5.92 Å². The Morgan fingerprint density at radius 3 is 2.71 bits per heavy atom. The lowest BCUT2D eigenvalue weighted by atomic mass is 10.1. The smallest absolute Gasteiger partial charge is 0.250 e. The average Bonchev–Trinajstić information content (AvgIpc) is 3.31. The van der Waals surface area contributed by atoms with Crippen molar-refractivity contribution in [2.75, 3.05) is 20.6 Å². The number of hydrogen-bond donors (Lipinski definition) is 0. The maximum Gasteiger partial charge on any atom is 0.250 e. The molecule has 0 aliphatic heterocycles. The first-order chi connectivity index (χ1) is 13.5. The second-order valence-corrected chi connectivity index (χ2v) is 8.36. The van der Waals surface area contributed by atoms with E-state index in [0.717, 1.165) is 34.4 Å². The molecule has 1 unspecified atom stereocenters. The van der Waals surface area contributed by atoms with Crippen molar-refractivity contribution in [3.8, 4) is 16.8 Å². The van der Waals surface area contributed by atoms with Crippen molar-refractivity contribution in [1.82, 2.24) is 19.0 Å². The molecular formula is C22H24N4OS. The Morgan fingerprint density at radius 2 is 1.96 bits per heavy atom. The summed E-state index contributed by atoms with van der Waals surface area (Å²) in [6, 6.07) is 11.9. The molecule has 3 heterocycles. The maximum absolute atomic E-state index is 12.3. The molecule has 5 nitrogen and oxygen atoms in total. The number of imidazole rings is 1. The topological polar surface area (TPSA) is 43.1 Å². The minimum Gasteiger partial charge on any atom is -0.315 e. The van der Waals surface area contributed by atoms with Crippen molar-refractivity contribution in [3.05, 3.63) is 70.0 Å². The second-order valence-electron chi connectivity index (χ2n) is 7.58. The van der Waals surface area contributed by atoms with Crippen LogP contribution < -0.4 is 5.56 Å². The fourth-order valence-electron chi connectivity index (χ4n) is 3.65. The molecule has 0 saturated heterocycles. The number of benzene rings is 1. The highest BCUT2D eigenvalue weighted by Gasteiger charge is 2.10. The molecule has 0 aliphatic rings. The monoisotopic (exact) mass is 392 g/mol. The van der Waals surface area contributed by atoms with E-state index in [1.807, 2.05) is 23.2 Å². The molecule has 0 radical (unpaired) electrons. The average molecular weight is 393 g/mol. The molecule has 1 aromatic carbocycles. The lowest BCUT2D eigenvalue weighted by molar-refractivity contribution is 0.313. The van der Waals surface area contributed by atoms with Gasteiger partial charge in [-0.05, 0) is 60.8 Å². The molecule has 1 atom stereocenters. The SMILES string of the molecule is CC(CN(C)C)Cn1cc(-c2ccc3c(c2)ncn3-c2ccsc2)ccc1=O. The fourth-order valence-corrected chi connectivity index (χ4v) is 4.28. The second kappa shape index (κ2) is 7.73. The lowest BCUT2D eigenvalue weighted by Crippen LogP contribution is -2.27. The Labute approximate surface area is 168 Å². The number of nitrogens with zero attached hydrogens (tertiary/aromatic N) is 4. The predicted octanol–water partition coefficient (Wildman–Crippen LogP) is 4.11. The molecule has 0 saturated carbocycles. The first-order valence-corrected chi connectivity index (χ1v) is 10.3. The molecule has 4 rings (SSSR count). The molecule has 0 amide bonds. The van der Waals surface area contributed by atoms with Gasteiger partial charge in [-0.15, -0.1) is 0 Å². The number of aromatic nitrogens is 3. The fraction of sp³-hybridized carbons (Fsp3) is 0.273. The number of rotatable bonds is 6. The van der Waals surface area contributed by atoms with E-state index in [1.54, 1.807) is 17.4 Å². The van der Waals surface area contributed by atoms with Crippen LogP contribution in [0.4, 0.5) is 0 Å². The molecule has 28 heavy (non-hydrogen) atoms. The van der Waals surface area contributed by atoms with Crippen LogP contribution in [0.15, 0.2) is 64.5 Å². The molecule has 6 heteroatoms. The van der Waals surface area contributed by atoms with E-state index in [1.165, 1.54) is 0 Å². The molecule has 0 spiro atoms. The third kappa shape index (κ3) is 3.79. The van der Waals surface area contributed by atoms with Crippen LogP contribution in [-0.4, -0.2) is 39.7 Å². The van der Waals surface area contributed by atoms with E-state index in [2.05, 4.69) is 70.5 Å². The van der Waals surface area contributed by atoms with Gasteiger partial charge in [-0.2, -0.15) is 11.3 Å². The van der Waals surface area contributed by atoms with Crippen LogP contribution in [0.5, 0.6) is 0 Å². The third-order valence-electron chi connectivity index (χ3n) is 4.83. The summed E-state index contributed by atoms with van der Waals surface area (Å²) in [5.41, 5.74) is 5.29. The van der Waals surface area contributed by atoms with Crippen LogP contribution in [0.2, 0.25) is 0 Å². The van der Waals surface area contributed by atoms with Crippen LogP contribution in [0.25, 0.3) is 27.8 Å². The number of pyridine rings is 1. The highest BCUT2D eigenvalue weighted by Crippen LogP contribution is 2.25. The van der Waals surface area contributed by atoms with Crippen LogP contribution in [0, 0.1) is 5.92 Å². The van der Waals surface area contributed by atoms with Gasteiger partial charge in [-0.25, -0.2) is 4.98 Å². The van der Waals surface area contributed by atoms with Crippen LogP contribution in [0.3, 0.4) is 0 Å². The largest absolute Gasteiger partial charge is 0.315 e. The van der Waals surface area contributed by atoms with Gasteiger partial charge in [0.15, 0.2) is 0 Å². The molecular weight excluding hydrogens is 368 g/mol. The van der Waals surface area contributed by atoms with Crippen molar-refractivity contribution >= 4 is 22.4 Å². The number of hydrogen-bond acceptors (Lipinski definition) is 4. The summed E-state index contributed by atoms with van der Waals surface area (Å²) < 4.78 is 3.91. The number of thiophene rings is 1. The minimum absolute atomic E-state index is 0.0390. The van der Waals surface area contributed by atoms with E-state index in [0.29, 0.717) is 12.5 Å². The van der Waals surface area contributed by atoms with Crippen LogP contribution in [0.1, 0.15) is 6.92 Å². The van der Waals surface area contributed by atoms with Gasteiger partial charge in [0.1, 0.15) is 6.33 Å². The molecule has 4 aromatic rings. The van der Waals surface area contributed by atoms with Crippen molar-refractivity contribution in [3.63, 3.8) is 0 Å². The van der Waals surface area contributed by atoms with E-state index in [4.69, 9.17) is 0 Å². The predicted molar refractivity (Wildman–Crippen MR) is 116 cm³/mol. The summed E-state index contributed by atoms with van der Waals surface area (Å²) in [6.07, 6.45) is 3.83. The highest BCUT2D eigenvalue weighted by molar-refractivity contribution is 7.08. The van der Waals surface area contributed by atoms with Crippen LogP contribution in [-0.2, 0) is 6.54 Å². The van der Waals surface area contributed by atoms with E-state index < -0.39 is 0 Å². The third-order valence-corrected chi connectivity index (χ3v) is 5.50. The Bertz CT molecular complexity index is 1140. The van der Waals surface area contributed by atoms with Crippen molar-refractivity contribution in [2.45, 2.75) is 13.5 Å². The van der Waals surface area contributed by atoms with Crippen molar-refractivity contribution < 1.29 is 0 Å². The van der Waals surface area contributed by atoms with Gasteiger partial charge in [-0.3, -0.25) is 9.36 Å². The van der Waals surface area contributed by atoms with Gasteiger partial charge < -0.3 is 9.47 Å². The number of fused-ring (bicyclic) bond motifs is 1. The molecule has 0 fully saturated rings. The molecule has 0 bridgehead atoms. The zero-order chi connectivity index (χ0) is 19.7. The summed E-state index contributed by atoms with van der Waals surface area (Å²) in [4.78, 5) is 19.0. The summed E-state index contributed by atoms with van der Waals surface area (Å²) in [5.74, 6) is 0.395. The van der Waals surface area contributed by atoms with Gasteiger partial charge in [-0.1, -0.05) is 13.0 Å². The molecule has 0 N–H and O–H groups in total. The zero-order valence-corrected chi connectivity index (χ0v) is 17.2. The Balaban J connectivity index is 1.66. The first kappa shape index (κ1) is 18.7. The van der Waals surface area contributed by atoms with Gasteiger partial charge >= 0.3 is 0 Å². The van der Waals surface area contributed by atoms with E-state index in [9.17, 15) is 4.79 Å². The summed E-state index contributed by atoms with van der Waals surface area (Å²) in [5, 5.41) is 4.18.